The molecule has 2 aromatic rings. The van der Waals surface area contributed by atoms with Gasteiger partial charge in [-0.1, -0.05) is 18.2 Å². The van der Waals surface area contributed by atoms with E-state index in [1.807, 2.05) is 30.3 Å². The summed E-state index contributed by atoms with van der Waals surface area (Å²) in [6.45, 7) is 1.08. The van der Waals surface area contributed by atoms with Gasteiger partial charge in [-0.3, -0.25) is 5.73 Å². The van der Waals surface area contributed by atoms with Crippen molar-refractivity contribution < 1.29 is 14.0 Å². The molecule has 2 N–H and O–H groups in total. The van der Waals surface area contributed by atoms with Crippen LogP contribution in [0, 0.1) is 0 Å². The Morgan fingerprint density at radius 3 is 2.74 bits per heavy atom. The summed E-state index contributed by atoms with van der Waals surface area (Å²) < 4.78 is 12.8. The SMILES string of the molecule is NC1=[N+](c2ccc3c(c2)OCO3)Cc2ccccc21. The molecule has 0 aromatic heterocycles. The average Bonchev–Trinajstić information content (AvgIpc) is 3.03. The third kappa shape index (κ3) is 1.50. The van der Waals surface area contributed by atoms with Crippen molar-refractivity contribution in [1.82, 2.24) is 0 Å². The van der Waals surface area contributed by atoms with Gasteiger partial charge in [-0.05, 0) is 18.2 Å². The molecule has 2 aliphatic rings. The number of ether oxygens (including phenoxy) is 2. The lowest BCUT2D eigenvalue weighted by atomic mass is 10.1. The summed E-state index contributed by atoms with van der Waals surface area (Å²) >= 11 is 0. The Morgan fingerprint density at radius 1 is 1.00 bits per heavy atom. The van der Waals surface area contributed by atoms with Crippen LogP contribution in [0.4, 0.5) is 5.69 Å². The molecular formula is C15H13N2O2+. The van der Waals surface area contributed by atoms with E-state index in [4.69, 9.17) is 15.2 Å². The maximum absolute atomic E-state index is 6.24. The molecule has 0 bridgehead atoms. The lowest BCUT2D eigenvalue weighted by molar-refractivity contribution is -0.453. The van der Waals surface area contributed by atoms with Crippen molar-refractivity contribution >= 4 is 11.5 Å². The van der Waals surface area contributed by atoms with Crippen molar-refractivity contribution in [1.29, 1.82) is 0 Å². The van der Waals surface area contributed by atoms with E-state index in [0.717, 1.165) is 35.1 Å². The smallest absolute Gasteiger partial charge is 0.280 e. The molecule has 0 unspecified atom stereocenters. The van der Waals surface area contributed by atoms with E-state index in [2.05, 4.69) is 16.7 Å². The van der Waals surface area contributed by atoms with Gasteiger partial charge >= 0.3 is 0 Å². The molecule has 0 fully saturated rings. The van der Waals surface area contributed by atoms with E-state index in [1.54, 1.807) is 0 Å². The van der Waals surface area contributed by atoms with Crippen LogP contribution < -0.4 is 15.2 Å². The van der Waals surface area contributed by atoms with Gasteiger partial charge in [0.1, 0.15) is 12.2 Å². The molecule has 0 radical (unpaired) electrons. The van der Waals surface area contributed by atoms with Gasteiger partial charge in [0, 0.05) is 11.6 Å². The third-order valence-electron chi connectivity index (χ3n) is 3.58. The van der Waals surface area contributed by atoms with Crippen molar-refractivity contribution in [2.24, 2.45) is 5.73 Å². The van der Waals surface area contributed by atoms with E-state index in [1.165, 1.54) is 5.56 Å². The van der Waals surface area contributed by atoms with Gasteiger partial charge < -0.3 is 9.47 Å². The summed E-state index contributed by atoms with van der Waals surface area (Å²) in [5, 5.41) is 0. The summed E-state index contributed by atoms with van der Waals surface area (Å²) in [6, 6.07) is 14.1. The van der Waals surface area contributed by atoms with E-state index in [9.17, 15) is 0 Å². The van der Waals surface area contributed by atoms with Gasteiger partial charge in [0.25, 0.3) is 5.84 Å². The molecule has 4 heteroatoms. The fourth-order valence-corrected chi connectivity index (χ4v) is 2.59. The van der Waals surface area contributed by atoms with Crippen molar-refractivity contribution in [3.05, 3.63) is 53.6 Å². The Balaban J connectivity index is 1.81. The largest absolute Gasteiger partial charge is 0.454 e. The van der Waals surface area contributed by atoms with E-state index >= 15 is 0 Å². The normalized spacial score (nSPS) is 15.8. The second-order valence-corrected chi connectivity index (χ2v) is 4.67. The minimum Gasteiger partial charge on any atom is -0.454 e. The average molecular weight is 253 g/mol. The predicted octanol–water partition coefficient (Wildman–Crippen LogP) is 1.98. The topological polar surface area (TPSA) is 47.5 Å². The number of hydrogen-bond acceptors (Lipinski definition) is 3. The summed E-state index contributed by atoms with van der Waals surface area (Å²) in [6.07, 6.45) is 0. The zero-order valence-corrected chi connectivity index (χ0v) is 10.3. The molecule has 2 heterocycles. The number of nitrogens with zero attached hydrogens (tertiary/aromatic N) is 1. The molecule has 2 aromatic carbocycles. The van der Waals surface area contributed by atoms with Crippen LogP contribution in [0.25, 0.3) is 0 Å². The highest BCUT2D eigenvalue weighted by Crippen LogP contribution is 2.36. The number of fused-ring (bicyclic) bond motifs is 2. The molecule has 0 saturated carbocycles. The molecule has 0 atom stereocenters. The first kappa shape index (κ1) is 10.4. The molecule has 4 rings (SSSR count). The third-order valence-corrected chi connectivity index (χ3v) is 3.58. The number of amidine groups is 1. The summed E-state index contributed by atoms with van der Waals surface area (Å²) in [4.78, 5) is 0. The minimum absolute atomic E-state index is 0.290. The first-order chi connectivity index (χ1) is 9.33. The van der Waals surface area contributed by atoms with Gasteiger partial charge in [-0.2, -0.15) is 0 Å². The van der Waals surface area contributed by atoms with Crippen LogP contribution in [-0.4, -0.2) is 17.2 Å². The van der Waals surface area contributed by atoms with Crippen molar-refractivity contribution in [3.63, 3.8) is 0 Å². The molecule has 19 heavy (non-hydrogen) atoms. The van der Waals surface area contributed by atoms with Crippen LogP contribution in [0.5, 0.6) is 11.5 Å². The Hall–Kier alpha value is -2.49. The fourth-order valence-electron chi connectivity index (χ4n) is 2.59. The monoisotopic (exact) mass is 253 g/mol. The molecule has 2 aliphatic heterocycles. The highest BCUT2D eigenvalue weighted by atomic mass is 16.7. The highest BCUT2D eigenvalue weighted by molar-refractivity contribution is 5.97. The molecular weight excluding hydrogens is 240 g/mol. The quantitative estimate of drug-likeness (QED) is 0.790. The Labute approximate surface area is 110 Å². The first-order valence-electron chi connectivity index (χ1n) is 6.21. The highest BCUT2D eigenvalue weighted by Gasteiger charge is 2.26. The Kier molecular flexibility index (Phi) is 2.06. The van der Waals surface area contributed by atoms with Crippen LogP contribution in [-0.2, 0) is 6.54 Å². The fraction of sp³-hybridized carbons (Fsp3) is 0.133. The van der Waals surface area contributed by atoms with E-state index in [-0.39, 0.29) is 6.79 Å². The van der Waals surface area contributed by atoms with Crippen LogP contribution in [0.15, 0.2) is 42.5 Å². The number of hydrogen-bond donors (Lipinski definition) is 1. The van der Waals surface area contributed by atoms with Crippen molar-refractivity contribution in [3.8, 4) is 11.5 Å². The van der Waals surface area contributed by atoms with Crippen molar-refractivity contribution in [2.45, 2.75) is 6.54 Å². The summed E-state index contributed by atoms with van der Waals surface area (Å²) in [7, 11) is 0. The summed E-state index contributed by atoms with van der Waals surface area (Å²) in [5.41, 5.74) is 9.62. The van der Waals surface area contributed by atoms with Crippen LogP contribution in [0.2, 0.25) is 0 Å². The minimum atomic E-state index is 0.290. The zero-order chi connectivity index (χ0) is 12.8. The first-order valence-corrected chi connectivity index (χ1v) is 6.21. The van der Waals surface area contributed by atoms with Gasteiger partial charge in [0.15, 0.2) is 11.5 Å². The standard InChI is InChI=1S/C15H12N2O2/c16-15-12-4-2-1-3-10(12)8-17(15)11-5-6-13-14(7-11)19-9-18-13/h1-7,16H,8-9H2/p+1. The van der Waals surface area contributed by atoms with Gasteiger partial charge in [-0.25, -0.2) is 4.58 Å². The molecule has 0 amide bonds. The summed E-state index contributed by atoms with van der Waals surface area (Å²) in [5.74, 6) is 2.36. The lowest BCUT2D eigenvalue weighted by Crippen LogP contribution is -2.19. The molecule has 4 nitrogen and oxygen atoms in total. The Bertz CT molecular complexity index is 707. The van der Waals surface area contributed by atoms with Gasteiger partial charge in [0.2, 0.25) is 6.79 Å². The maximum Gasteiger partial charge on any atom is 0.280 e. The number of nitrogens with two attached hydrogens (primary N) is 1. The Morgan fingerprint density at radius 2 is 1.84 bits per heavy atom. The molecule has 0 saturated heterocycles. The van der Waals surface area contributed by atoms with Gasteiger partial charge in [-0.15, -0.1) is 0 Å². The molecule has 0 aliphatic carbocycles. The zero-order valence-electron chi connectivity index (χ0n) is 10.3. The van der Waals surface area contributed by atoms with Crippen LogP contribution >= 0.6 is 0 Å². The van der Waals surface area contributed by atoms with Crippen LogP contribution in [0.3, 0.4) is 0 Å². The maximum atomic E-state index is 6.24. The predicted molar refractivity (Wildman–Crippen MR) is 70.9 cm³/mol. The van der Waals surface area contributed by atoms with E-state index in [0.29, 0.717) is 0 Å². The van der Waals surface area contributed by atoms with Gasteiger partial charge in [0.05, 0.1) is 5.56 Å². The van der Waals surface area contributed by atoms with Crippen molar-refractivity contribution in [2.75, 3.05) is 6.79 Å². The molecule has 0 spiro atoms. The van der Waals surface area contributed by atoms with E-state index < -0.39 is 0 Å². The number of rotatable bonds is 1. The molecule has 94 valence electrons. The lowest BCUT2D eigenvalue weighted by Gasteiger charge is -2.03. The second kappa shape index (κ2) is 3.75. The number of benzene rings is 2. The van der Waals surface area contributed by atoms with Crippen LogP contribution in [0.1, 0.15) is 11.1 Å². The second-order valence-electron chi connectivity index (χ2n) is 4.67.